The number of hydrogen-bond acceptors (Lipinski definition) is 4. The fourth-order valence-electron chi connectivity index (χ4n) is 1.79. The molecular weight excluding hydrogens is 240 g/mol. The maximum atomic E-state index is 5.84. The number of unbranched alkanes of at least 4 members (excludes halogenated alkanes) is 1. The summed E-state index contributed by atoms with van der Waals surface area (Å²) in [5.41, 5.74) is 1.92. The van der Waals surface area contributed by atoms with Gasteiger partial charge in [-0.2, -0.15) is 5.10 Å². The van der Waals surface area contributed by atoms with Gasteiger partial charge in [-0.15, -0.1) is 6.58 Å². The van der Waals surface area contributed by atoms with Crippen LogP contribution in [0.4, 0.5) is 0 Å². The van der Waals surface area contributed by atoms with E-state index in [2.05, 4.69) is 18.6 Å². The Morgan fingerprint density at radius 2 is 2.21 bits per heavy atom. The lowest BCUT2D eigenvalue weighted by Gasteiger charge is -2.15. The largest absolute Gasteiger partial charge is 0.493 e. The van der Waals surface area contributed by atoms with Crippen molar-refractivity contribution >= 4 is 6.21 Å². The van der Waals surface area contributed by atoms with Crippen molar-refractivity contribution < 1.29 is 9.47 Å². The van der Waals surface area contributed by atoms with Crippen LogP contribution in [0.2, 0.25) is 0 Å². The van der Waals surface area contributed by atoms with E-state index in [9.17, 15) is 0 Å². The average molecular weight is 262 g/mol. The van der Waals surface area contributed by atoms with Crippen LogP contribution in [0.5, 0.6) is 11.5 Å². The van der Waals surface area contributed by atoms with Crippen molar-refractivity contribution in [2.24, 2.45) is 10.9 Å². The van der Waals surface area contributed by atoms with Crippen molar-refractivity contribution in [1.82, 2.24) is 0 Å². The van der Waals surface area contributed by atoms with Crippen LogP contribution in [-0.2, 0) is 6.42 Å². The van der Waals surface area contributed by atoms with E-state index < -0.39 is 0 Å². The Kier molecular flexibility index (Phi) is 6.50. The van der Waals surface area contributed by atoms with Crippen molar-refractivity contribution in [2.45, 2.75) is 26.2 Å². The summed E-state index contributed by atoms with van der Waals surface area (Å²) in [4.78, 5) is 0. The first-order valence-corrected chi connectivity index (χ1v) is 6.44. The molecule has 0 atom stereocenters. The van der Waals surface area contributed by atoms with Crippen molar-refractivity contribution in [2.75, 3.05) is 13.7 Å². The zero-order chi connectivity index (χ0) is 14.1. The highest BCUT2D eigenvalue weighted by Gasteiger charge is 2.12. The molecule has 0 heterocycles. The summed E-state index contributed by atoms with van der Waals surface area (Å²) in [6.45, 7) is 6.58. The van der Waals surface area contributed by atoms with E-state index in [1.807, 2.05) is 18.2 Å². The Balaban J connectivity index is 3.11. The molecule has 0 amide bonds. The van der Waals surface area contributed by atoms with Gasteiger partial charge in [0, 0.05) is 5.56 Å². The van der Waals surface area contributed by atoms with Gasteiger partial charge >= 0.3 is 0 Å². The van der Waals surface area contributed by atoms with E-state index in [0.29, 0.717) is 18.8 Å². The van der Waals surface area contributed by atoms with Gasteiger partial charge in [0.1, 0.15) is 0 Å². The van der Waals surface area contributed by atoms with Gasteiger partial charge in [0.25, 0.3) is 0 Å². The maximum absolute atomic E-state index is 5.84. The number of benzene rings is 1. The highest BCUT2D eigenvalue weighted by atomic mass is 16.5. The number of nitrogens with zero attached hydrogens (tertiary/aromatic N) is 1. The van der Waals surface area contributed by atoms with Crippen LogP contribution in [0.1, 0.15) is 30.9 Å². The molecule has 4 heteroatoms. The summed E-state index contributed by atoms with van der Waals surface area (Å²) >= 11 is 0. The van der Waals surface area contributed by atoms with Crippen LogP contribution in [0.15, 0.2) is 29.9 Å². The zero-order valence-corrected chi connectivity index (χ0v) is 11.7. The van der Waals surface area contributed by atoms with Crippen LogP contribution >= 0.6 is 0 Å². The summed E-state index contributed by atoms with van der Waals surface area (Å²) in [7, 11) is 1.63. The zero-order valence-electron chi connectivity index (χ0n) is 11.7. The molecule has 0 aliphatic carbocycles. The van der Waals surface area contributed by atoms with Crippen LogP contribution < -0.4 is 15.3 Å². The topological polar surface area (TPSA) is 56.8 Å². The van der Waals surface area contributed by atoms with Crippen molar-refractivity contribution in [3.05, 3.63) is 35.9 Å². The summed E-state index contributed by atoms with van der Waals surface area (Å²) in [5, 5.41) is 3.54. The summed E-state index contributed by atoms with van der Waals surface area (Å²) < 4.78 is 11.2. The van der Waals surface area contributed by atoms with Crippen LogP contribution in [0.3, 0.4) is 0 Å². The third-order valence-electron chi connectivity index (χ3n) is 2.71. The highest BCUT2D eigenvalue weighted by molar-refractivity contribution is 5.81. The van der Waals surface area contributed by atoms with Crippen LogP contribution in [0, 0.1) is 0 Å². The number of hydrazone groups is 1. The van der Waals surface area contributed by atoms with E-state index in [1.165, 1.54) is 0 Å². The molecule has 0 bridgehead atoms. The van der Waals surface area contributed by atoms with Gasteiger partial charge in [0.05, 0.1) is 19.9 Å². The molecule has 4 nitrogen and oxygen atoms in total. The third kappa shape index (κ3) is 4.32. The van der Waals surface area contributed by atoms with Gasteiger partial charge in [-0.05, 0) is 30.5 Å². The molecule has 2 N–H and O–H groups in total. The van der Waals surface area contributed by atoms with E-state index in [1.54, 1.807) is 13.3 Å². The molecule has 104 valence electrons. The summed E-state index contributed by atoms with van der Waals surface area (Å²) in [6, 6.07) is 3.85. The first-order chi connectivity index (χ1) is 9.26. The second-order valence-corrected chi connectivity index (χ2v) is 4.18. The van der Waals surface area contributed by atoms with Gasteiger partial charge in [0.15, 0.2) is 11.5 Å². The number of ether oxygens (including phenoxy) is 2. The molecular formula is C15H22N2O2. The Morgan fingerprint density at radius 3 is 2.79 bits per heavy atom. The summed E-state index contributed by atoms with van der Waals surface area (Å²) in [5.74, 6) is 6.67. The number of allylic oxidation sites excluding steroid dienone is 1. The lowest BCUT2D eigenvalue weighted by molar-refractivity contribution is 0.286. The molecule has 0 fully saturated rings. The third-order valence-corrected chi connectivity index (χ3v) is 2.71. The average Bonchev–Trinajstić information content (AvgIpc) is 2.41. The maximum Gasteiger partial charge on any atom is 0.164 e. The molecule has 0 saturated carbocycles. The molecule has 0 unspecified atom stereocenters. The quantitative estimate of drug-likeness (QED) is 0.258. The molecule has 0 aliphatic rings. The molecule has 0 radical (unpaired) electrons. The second-order valence-electron chi connectivity index (χ2n) is 4.18. The molecule has 1 aromatic rings. The fourth-order valence-corrected chi connectivity index (χ4v) is 1.79. The van der Waals surface area contributed by atoms with Crippen LogP contribution in [-0.4, -0.2) is 19.9 Å². The first kappa shape index (κ1) is 15.1. The summed E-state index contributed by atoms with van der Waals surface area (Å²) in [6.07, 6.45) is 6.25. The number of methoxy groups -OCH3 is 1. The monoisotopic (exact) mass is 262 g/mol. The van der Waals surface area contributed by atoms with Crippen molar-refractivity contribution in [3.8, 4) is 11.5 Å². The lowest BCUT2D eigenvalue weighted by atomic mass is 10.1. The predicted octanol–water partition coefficient (Wildman–Crippen LogP) is 2.90. The number of rotatable bonds is 8. The van der Waals surface area contributed by atoms with Crippen molar-refractivity contribution in [3.63, 3.8) is 0 Å². The Labute approximate surface area is 114 Å². The highest BCUT2D eigenvalue weighted by Crippen LogP contribution is 2.33. The van der Waals surface area contributed by atoms with Gasteiger partial charge in [-0.3, -0.25) is 0 Å². The van der Waals surface area contributed by atoms with Gasteiger partial charge in [0.2, 0.25) is 0 Å². The molecule has 0 spiro atoms. The smallest absolute Gasteiger partial charge is 0.164 e. The Hall–Kier alpha value is -1.97. The number of nitrogens with two attached hydrogens (primary N) is 1. The number of hydrogen-bond donors (Lipinski definition) is 1. The fraction of sp³-hybridized carbons (Fsp3) is 0.400. The minimum atomic E-state index is 0.682. The predicted molar refractivity (Wildman–Crippen MR) is 79.1 cm³/mol. The Morgan fingerprint density at radius 1 is 1.42 bits per heavy atom. The molecule has 0 aliphatic heterocycles. The SMILES string of the molecule is C=CCc1cc(C=NN)cc(OC)c1OCCCC. The van der Waals surface area contributed by atoms with Crippen LogP contribution in [0.25, 0.3) is 0 Å². The molecule has 0 aromatic heterocycles. The first-order valence-electron chi connectivity index (χ1n) is 6.44. The Bertz CT molecular complexity index is 442. The molecule has 0 saturated heterocycles. The van der Waals surface area contributed by atoms with Crippen molar-refractivity contribution in [1.29, 1.82) is 0 Å². The van der Waals surface area contributed by atoms with Gasteiger partial charge in [-0.25, -0.2) is 0 Å². The van der Waals surface area contributed by atoms with Gasteiger partial charge < -0.3 is 15.3 Å². The van der Waals surface area contributed by atoms with E-state index in [0.717, 1.165) is 29.7 Å². The molecule has 19 heavy (non-hydrogen) atoms. The second kappa shape index (κ2) is 8.19. The standard InChI is InChI=1S/C15H22N2O2/c1-4-6-8-19-15-13(7-5-2)9-12(11-17-16)10-14(15)18-3/h5,9-11H,2,4,6-8,16H2,1,3H3. The minimum absolute atomic E-state index is 0.682. The van der Waals surface area contributed by atoms with Gasteiger partial charge in [-0.1, -0.05) is 19.4 Å². The molecule has 1 aromatic carbocycles. The molecule has 1 rings (SSSR count). The lowest BCUT2D eigenvalue weighted by Crippen LogP contribution is -2.03. The van der Waals surface area contributed by atoms with E-state index >= 15 is 0 Å². The minimum Gasteiger partial charge on any atom is -0.493 e. The van der Waals surface area contributed by atoms with E-state index in [4.69, 9.17) is 15.3 Å². The van der Waals surface area contributed by atoms with E-state index in [-0.39, 0.29) is 0 Å². The normalized spacial score (nSPS) is 10.6.